The molecule has 0 aromatic carbocycles. The average molecular weight is 395 g/mol. The summed E-state index contributed by atoms with van der Waals surface area (Å²) in [5.74, 6) is -2.50. The van der Waals surface area contributed by atoms with Gasteiger partial charge in [-0.05, 0) is 0 Å². The van der Waals surface area contributed by atoms with E-state index in [0.29, 0.717) is 6.20 Å². The molecule has 4 aliphatic carbocycles. The molecule has 0 unspecified atom stereocenters. The maximum Gasteiger partial charge on any atom is 0.434 e. The predicted octanol–water partition coefficient (Wildman–Crippen LogP) is 3.85. The summed E-state index contributed by atoms with van der Waals surface area (Å²) in [6.07, 6.45) is -6.75. The molecular formula is C16H15F6N3O2. The minimum atomic E-state index is -5.07. The number of carbonyl (C=O) groups is 1. The molecule has 148 valence electrons. The number of anilines is 1. The van der Waals surface area contributed by atoms with Gasteiger partial charge in [-0.25, -0.2) is 27.9 Å². The van der Waals surface area contributed by atoms with Gasteiger partial charge in [-0.2, -0.15) is 13.2 Å². The lowest BCUT2D eigenvalue weighted by atomic mass is 9.49. The smallest absolute Gasteiger partial charge is 0.434 e. The summed E-state index contributed by atoms with van der Waals surface area (Å²) >= 11 is 0. The topological polar surface area (TPSA) is 75.1 Å². The maximum atomic E-state index is 14.9. The molecule has 27 heavy (non-hydrogen) atoms. The van der Waals surface area contributed by atoms with Crippen LogP contribution < -0.4 is 5.32 Å². The minimum Gasteiger partial charge on any atom is -0.478 e. The molecule has 0 saturated heterocycles. The van der Waals surface area contributed by atoms with Gasteiger partial charge in [0.05, 0.1) is 0 Å². The second-order valence-corrected chi connectivity index (χ2v) is 8.18. The van der Waals surface area contributed by atoms with Gasteiger partial charge in [0, 0.05) is 50.3 Å². The molecule has 4 bridgehead atoms. The fourth-order valence-electron chi connectivity index (χ4n) is 5.46. The molecule has 2 N–H and O–H groups in total. The highest BCUT2D eigenvalue weighted by Crippen LogP contribution is 2.65. The number of halogens is 6. The molecule has 0 radical (unpaired) electrons. The van der Waals surface area contributed by atoms with Crippen LogP contribution in [0.15, 0.2) is 6.20 Å². The van der Waals surface area contributed by atoms with E-state index in [4.69, 9.17) is 5.11 Å². The third kappa shape index (κ3) is 3.00. The number of aromatic nitrogens is 2. The lowest BCUT2D eigenvalue weighted by Crippen LogP contribution is -2.70. The van der Waals surface area contributed by atoms with E-state index in [1.165, 1.54) is 0 Å². The van der Waals surface area contributed by atoms with Crippen LogP contribution in [0, 0.1) is 0 Å². The Kier molecular flexibility index (Phi) is 3.42. The van der Waals surface area contributed by atoms with Gasteiger partial charge in [0.25, 0.3) is 0 Å². The Labute approximate surface area is 149 Å². The van der Waals surface area contributed by atoms with Crippen molar-refractivity contribution >= 4 is 11.9 Å². The van der Waals surface area contributed by atoms with Crippen molar-refractivity contribution in [3.8, 4) is 0 Å². The zero-order valence-electron chi connectivity index (χ0n) is 13.8. The van der Waals surface area contributed by atoms with Crippen molar-refractivity contribution in [2.24, 2.45) is 0 Å². The number of nitrogens with one attached hydrogen (secondary N) is 1. The molecule has 1 heterocycles. The number of hydrogen-bond acceptors (Lipinski definition) is 4. The number of carboxylic acid groups (broad SMARTS) is 1. The highest BCUT2D eigenvalue weighted by molar-refractivity contribution is 5.88. The fraction of sp³-hybridized carbons (Fsp3) is 0.688. The monoisotopic (exact) mass is 395 g/mol. The Bertz CT molecular complexity index is 775. The van der Waals surface area contributed by atoms with Gasteiger partial charge >= 0.3 is 12.1 Å². The van der Waals surface area contributed by atoms with E-state index in [1.807, 2.05) is 0 Å². The van der Waals surface area contributed by atoms with Crippen LogP contribution in [0.5, 0.6) is 0 Å². The molecule has 1 aromatic rings. The Hall–Kier alpha value is -2.07. The van der Waals surface area contributed by atoms with Crippen molar-refractivity contribution in [1.29, 1.82) is 0 Å². The van der Waals surface area contributed by atoms with Crippen LogP contribution in [0.4, 0.5) is 32.3 Å². The zero-order valence-corrected chi connectivity index (χ0v) is 13.8. The molecule has 1 aromatic heterocycles. The van der Waals surface area contributed by atoms with Crippen LogP contribution >= 0.6 is 0 Å². The second kappa shape index (κ2) is 5.05. The van der Waals surface area contributed by atoms with E-state index in [-0.39, 0.29) is 19.3 Å². The SMILES string of the molecule is O=C(O)c1cnc(NC23CC4(F)CC(F)(CC(F)(C4)C2)C3)nc1C(F)(F)F. The van der Waals surface area contributed by atoms with Crippen LogP contribution in [0.3, 0.4) is 0 Å². The first-order valence-corrected chi connectivity index (χ1v) is 8.27. The van der Waals surface area contributed by atoms with Crippen LogP contribution in [0.2, 0.25) is 0 Å². The first-order valence-electron chi connectivity index (χ1n) is 8.27. The molecule has 4 aliphatic rings. The van der Waals surface area contributed by atoms with Crippen molar-refractivity contribution in [3.63, 3.8) is 0 Å². The van der Waals surface area contributed by atoms with Gasteiger partial charge in [-0.15, -0.1) is 0 Å². The average Bonchev–Trinajstić information content (AvgIpc) is 2.40. The summed E-state index contributed by atoms with van der Waals surface area (Å²) in [5.41, 5.74) is -10.6. The Morgan fingerprint density at radius 1 is 1.00 bits per heavy atom. The van der Waals surface area contributed by atoms with E-state index in [0.717, 1.165) is 0 Å². The molecule has 5 nitrogen and oxygen atoms in total. The normalized spacial score (nSPS) is 40.2. The molecular weight excluding hydrogens is 380 g/mol. The fourth-order valence-corrected chi connectivity index (χ4v) is 5.46. The molecule has 4 fully saturated rings. The number of alkyl halides is 6. The largest absolute Gasteiger partial charge is 0.478 e. The van der Waals surface area contributed by atoms with Gasteiger partial charge in [0.15, 0.2) is 5.69 Å². The Morgan fingerprint density at radius 2 is 1.48 bits per heavy atom. The van der Waals surface area contributed by atoms with Crippen LogP contribution in [0.25, 0.3) is 0 Å². The number of rotatable bonds is 3. The molecule has 11 heteroatoms. The van der Waals surface area contributed by atoms with Crippen molar-refractivity contribution in [1.82, 2.24) is 9.97 Å². The van der Waals surface area contributed by atoms with Crippen molar-refractivity contribution in [3.05, 3.63) is 17.5 Å². The summed E-state index contributed by atoms with van der Waals surface area (Å²) in [6.45, 7) is 0. The molecule has 5 rings (SSSR count). The number of nitrogens with zero attached hydrogens (tertiary/aromatic N) is 2. The third-order valence-corrected chi connectivity index (χ3v) is 5.53. The van der Waals surface area contributed by atoms with Gasteiger partial charge in [-0.1, -0.05) is 0 Å². The van der Waals surface area contributed by atoms with Crippen molar-refractivity contribution < 1.29 is 36.2 Å². The van der Waals surface area contributed by atoms with Crippen LogP contribution in [-0.4, -0.2) is 43.6 Å². The Balaban J connectivity index is 1.71. The summed E-state index contributed by atoms with van der Waals surface area (Å²) in [6, 6.07) is 0. The highest BCUT2D eigenvalue weighted by atomic mass is 19.4. The molecule has 4 saturated carbocycles. The quantitative estimate of drug-likeness (QED) is 0.761. The molecule has 0 atom stereocenters. The van der Waals surface area contributed by atoms with Gasteiger partial charge in [0.1, 0.15) is 22.6 Å². The molecule has 0 aliphatic heterocycles. The van der Waals surface area contributed by atoms with Crippen LogP contribution in [0.1, 0.15) is 54.6 Å². The summed E-state index contributed by atoms with van der Waals surface area (Å²) in [5, 5.41) is 11.4. The van der Waals surface area contributed by atoms with Gasteiger partial charge < -0.3 is 10.4 Å². The van der Waals surface area contributed by atoms with Crippen LogP contribution in [-0.2, 0) is 6.18 Å². The third-order valence-electron chi connectivity index (χ3n) is 5.53. The number of aromatic carboxylic acids is 1. The summed E-state index contributed by atoms with van der Waals surface area (Å²) in [7, 11) is 0. The first-order chi connectivity index (χ1) is 12.2. The van der Waals surface area contributed by atoms with Crippen molar-refractivity contribution in [2.45, 2.75) is 67.2 Å². The standard InChI is InChI=1S/C16H15F6N3O2/c17-12-2-13(18)4-14(19,3-12)7-15(5-12,6-13)25-11-23-1-8(10(26)27)9(24-11)16(20,21)22/h1H,2-7H2,(H,26,27)(H,23,24,25). The van der Waals surface area contributed by atoms with E-state index in [9.17, 15) is 31.1 Å². The van der Waals surface area contributed by atoms with E-state index in [2.05, 4.69) is 15.3 Å². The highest BCUT2D eigenvalue weighted by Gasteiger charge is 2.70. The van der Waals surface area contributed by atoms with E-state index in [1.54, 1.807) is 0 Å². The minimum absolute atomic E-state index is 0.275. The van der Waals surface area contributed by atoms with Gasteiger partial charge in [-0.3, -0.25) is 0 Å². The number of hydrogen-bond donors (Lipinski definition) is 2. The van der Waals surface area contributed by atoms with Crippen molar-refractivity contribution in [2.75, 3.05) is 5.32 Å². The molecule has 0 amide bonds. The second-order valence-electron chi connectivity index (χ2n) is 8.18. The maximum absolute atomic E-state index is 14.9. The Morgan fingerprint density at radius 3 is 1.89 bits per heavy atom. The van der Waals surface area contributed by atoms with E-state index >= 15 is 0 Å². The first kappa shape index (κ1) is 18.3. The summed E-state index contributed by atoms with van der Waals surface area (Å²) in [4.78, 5) is 17.7. The predicted molar refractivity (Wildman–Crippen MR) is 79.6 cm³/mol. The lowest BCUT2D eigenvalue weighted by Gasteiger charge is -2.63. The van der Waals surface area contributed by atoms with E-state index < -0.39 is 71.2 Å². The molecule has 0 spiro atoms. The summed E-state index contributed by atoms with van der Waals surface area (Å²) < 4.78 is 84.2. The lowest BCUT2D eigenvalue weighted by molar-refractivity contribution is -0.183. The number of carboxylic acids is 1. The zero-order chi connectivity index (χ0) is 19.9. The van der Waals surface area contributed by atoms with Gasteiger partial charge in [0.2, 0.25) is 5.95 Å².